The van der Waals surface area contributed by atoms with Crippen molar-refractivity contribution < 1.29 is 26.3 Å². The van der Waals surface area contributed by atoms with Crippen LogP contribution in [0, 0.1) is 3.57 Å². The van der Waals surface area contributed by atoms with Gasteiger partial charge in [-0.3, -0.25) is 0 Å². The molecule has 0 radical (unpaired) electrons. The lowest BCUT2D eigenvalue weighted by molar-refractivity contribution is -0.142. The average molecular weight is 388 g/mol. The van der Waals surface area contributed by atoms with Gasteiger partial charge >= 0.3 is 12.4 Å². The normalized spacial score (nSPS) is 12.9. The largest absolute Gasteiger partial charge is 0.417 e. The maximum atomic E-state index is 12.6. The summed E-state index contributed by atoms with van der Waals surface area (Å²) in [6.45, 7) is 0. The first kappa shape index (κ1) is 14.9. The van der Waals surface area contributed by atoms with E-state index in [1.165, 1.54) is 22.6 Å². The van der Waals surface area contributed by atoms with Crippen LogP contribution in [0.1, 0.15) is 16.7 Å². The first-order chi connectivity index (χ1) is 7.57. The number of rotatable bonds is 1. The summed E-state index contributed by atoms with van der Waals surface area (Å²) >= 11 is 6.48. The van der Waals surface area contributed by atoms with Crippen LogP contribution in [0.3, 0.4) is 0 Å². The van der Waals surface area contributed by atoms with Crippen molar-refractivity contribution >= 4 is 34.2 Å². The average Bonchev–Trinajstić information content (AvgIpc) is 2.12. The summed E-state index contributed by atoms with van der Waals surface area (Å²) in [6.07, 6.45) is -9.41. The summed E-state index contributed by atoms with van der Waals surface area (Å²) < 4.78 is 74.4. The molecule has 0 N–H and O–H groups in total. The van der Waals surface area contributed by atoms with Gasteiger partial charge in [-0.25, -0.2) is 0 Å². The van der Waals surface area contributed by atoms with Gasteiger partial charge in [-0.05, 0) is 40.3 Å². The highest BCUT2D eigenvalue weighted by Crippen LogP contribution is 2.40. The van der Waals surface area contributed by atoms with E-state index >= 15 is 0 Å². The molecule has 0 saturated heterocycles. The van der Waals surface area contributed by atoms with Crippen LogP contribution >= 0.6 is 34.2 Å². The van der Waals surface area contributed by atoms with Gasteiger partial charge in [-0.1, -0.05) is 0 Å². The molecule has 0 amide bonds. The highest BCUT2D eigenvalue weighted by atomic mass is 127. The third kappa shape index (κ3) is 3.40. The molecule has 0 atom stereocenters. The van der Waals surface area contributed by atoms with E-state index in [-0.39, 0.29) is 0 Å². The van der Waals surface area contributed by atoms with Crippen molar-refractivity contribution in [3.8, 4) is 0 Å². The highest BCUT2D eigenvalue weighted by molar-refractivity contribution is 14.1. The van der Waals surface area contributed by atoms with Crippen LogP contribution in [0.4, 0.5) is 26.3 Å². The lowest BCUT2D eigenvalue weighted by Crippen LogP contribution is -2.14. The van der Waals surface area contributed by atoms with Gasteiger partial charge < -0.3 is 0 Å². The minimum Gasteiger partial charge on any atom is -0.166 e. The van der Waals surface area contributed by atoms with Crippen LogP contribution < -0.4 is 0 Å². The van der Waals surface area contributed by atoms with E-state index in [9.17, 15) is 26.3 Å². The summed E-state index contributed by atoms with van der Waals surface area (Å²) in [5.74, 6) is -0.630. The summed E-state index contributed by atoms with van der Waals surface area (Å²) in [4.78, 5) is 0. The maximum Gasteiger partial charge on any atom is 0.417 e. The molecule has 0 aliphatic rings. The molecule has 0 saturated carbocycles. The number of hydrogen-bond donors (Lipinski definition) is 0. The molecule has 0 aromatic heterocycles. The van der Waals surface area contributed by atoms with Crippen molar-refractivity contribution in [1.82, 2.24) is 0 Å². The van der Waals surface area contributed by atoms with Gasteiger partial charge in [-0.2, -0.15) is 26.3 Å². The van der Waals surface area contributed by atoms with Crippen LogP contribution in [-0.2, 0) is 18.2 Å². The van der Waals surface area contributed by atoms with Gasteiger partial charge in [0.15, 0.2) is 0 Å². The second kappa shape index (κ2) is 4.83. The molecule has 17 heavy (non-hydrogen) atoms. The molecule has 0 nitrogen and oxygen atoms in total. The lowest BCUT2D eigenvalue weighted by Gasteiger charge is -2.16. The third-order valence-electron chi connectivity index (χ3n) is 1.93. The molecule has 0 aliphatic carbocycles. The van der Waals surface area contributed by atoms with Crippen molar-refractivity contribution in [2.75, 3.05) is 0 Å². The fourth-order valence-corrected chi connectivity index (χ4v) is 2.45. The van der Waals surface area contributed by atoms with Gasteiger partial charge in [0.1, 0.15) is 0 Å². The van der Waals surface area contributed by atoms with E-state index in [0.717, 1.165) is 0 Å². The van der Waals surface area contributed by atoms with Crippen LogP contribution in [0.5, 0.6) is 0 Å². The van der Waals surface area contributed by atoms with Crippen molar-refractivity contribution in [3.05, 3.63) is 32.4 Å². The fourth-order valence-electron chi connectivity index (χ4n) is 1.25. The third-order valence-corrected chi connectivity index (χ3v) is 3.07. The van der Waals surface area contributed by atoms with E-state index in [4.69, 9.17) is 11.6 Å². The van der Waals surface area contributed by atoms with Crippen molar-refractivity contribution in [1.29, 1.82) is 0 Å². The minimum absolute atomic E-state index is 0.429. The number of benzene rings is 1. The van der Waals surface area contributed by atoms with Gasteiger partial charge in [0.05, 0.1) is 11.1 Å². The fraction of sp³-hybridized carbons (Fsp3) is 0.333. The Bertz CT molecular complexity index is 423. The van der Waals surface area contributed by atoms with E-state index in [2.05, 4.69) is 0 Å². The number of halogens is 8. The van der Waals surface area contributed by atoms with E-state index < -0.39 is 38.5 Å². The second-order valence-corrected chi connectivity index (χ2v) is 4.55. The SMILES string of the molecule is FC(F)(F)c1cc(I)c(C(F)(F)F)c(CCl)c1. The van der Waals surface area contributed by atoms with Crippen molar-refractivity contribution in [2.24, 2.45) is 0 Å². The zero-order chi connectivity index (χ0) is 13.4. The van der Waals surface area contributed by atoms with E-state index in [1.807, 2.05) is 0 Å². The van der Waals surface area contributed by atoms with Crippen LogP contribution in [0.25, 0.3) is 0 Å². The Morgan fingerprint density at radius 1 is 1.00 bits per heavy atom. The molecule has 1 aromatic rings. The monoisotopic (exact) mass is 388 g/mol. The van der Waals surface area contributed by atoms with Crippen molar-refractivity contribution in [3.63, 3.8) is 0 Å². The Morgan fingerprint density at radius 2 is 1.53 bits per heavy atom. The summed E-state index contributed by atoms with van der Waals surface area (Å²) in [7, 11) is 0. The first-order valence-corrected chi connectivity index (χ1v) is 5.71. The molecule has 96 valence electrons. The van der Waals surface area contributed by atoms with E-state index in [0.29, 0.717) is 12.1 Å². The molecule has 8 heteroatoms. The zero-order valence-corrected chi connectivity index (χ0v) is 10.8. The Morgan fingerprint density at radius 3 is 1.88 bits per heavy atom. The molecule has 0 spiro atoms. The van der Waals surface area contributed by atoms with Crippen molar-refractivity contribution in [2.45, 2.75) is 18.2 Å². The quantitative estimate of drug-likeness (QED) is 0.358. The maximum absolute atomic E-state index is 12.6. The Hall–Kier alpha value is -0.180. The van der Waals surface area contributed by atoms with Crippen LogP contribution in [0.15, 0.2) is 12.1 Å². The topological polar surface area (TPSA) is 0 Å². The predicted octanol–water partition coefficient (Wildman–Crippen LogP) is 5.07. The zero-order valence-electron chi connectivity index (χ0n) is 7.89. The summed E-state index contributed by atoms with van der Waals surface area (Å²) in [6, 6.07) is 0.886. The van der Waals surface area contributed by atoms with Gasteiger partial charge in [0.25, 0.3) is 0 Å². The summed E-state index contributed by atoms with van der Waals surface area (Å²) in [5, 5.41) is 0. The summed E-state index contributed by atoms with van der Waals surface area (Å²) in [5.41, 5.74) is -2.81. The van der Waals surface area contributed by atoms with Gasteiger partial charge in [0.2, 0.25) is 0 Å². The smallest absolute Gasteiger partial charge is 0.166 e. The Balaban J connectivity index is 3.47. The number of hydrogen-bond acceptors (Lipinski definition) is 0. The standard InChI is InChI=1S/C9H4ClF6I/c10-3-4-1-5(8(11,12)13)2-6(17)7(4)9(14,15)16/h1-2H,3H2. The predicted molar refractivity (Wildman–Crippen MR) is 58.7 cm³/mol. The van der Waals surface area contributed by atoms with Crippen LogP contribution in [0.2, 0.25) is 0 Å². The molecular weight excluding hydrogens is 384 g/mol. The van der Waals surface area contributed by atoms with Gasteiger partial charge in [-0.15, -0.1) is 11.6 Å². The van der Waals surface area contributed by atoms with Crippen LogP contribution in [-0.4, -0.2) is 0 Å². The first-order valence-electron chi connectivity index (χ1n) is 4.10. The molecule has 1 rings (SSSR count). The molecule has 0 bridgehead atoms. The lowest BCUT2D eigenvalue weighted by atomic mass is 10.0. The molecule has 0 aliphatic heterocycles. The second-order valence-electron chi connectivity index (χ2n) is 3.12. The molecular formula is C9H4ClF6I. The molecule has 0 unspecified atom stereocenters. The molecule has 0 fully saturated rings. The van der Waals surface area contributed by atoms with Gasteiger partial charge in [0, 0.05) is 9.45 Å². The molecule has 1 aromatic carbocycles. The highest BCUT2D eigenvalue weighted by Gasteiger charge is 2.39. The van der Waals surface area contributed by atoms with E-state index in [1.54, 1.807) is 0 Å². The Kier molecular flexibility index (Phi) is 4.23. The minimum atomic E-state index is -4.72. The number of alkyl halides is 7. The Labute approximate surface area is 111 Å². The molecule has 0 heterocycles.